The zero-order chi connectivity index (χ0) is 19.1. The van der Waals surface area contributed by atoms with Gasteiger partial charge in [0, 0.05) is 16.8 Å². The van der Waals surface area contributed by atoms with Crippen molar-refractivity contribution >= 4 is 40.7 Å². The van der Waals surface area contributed by atoms with Crippen molar-refractivity contribution in [2.45, 2.75) is 13.8 Å². The van der Waals surface area contributed by atoms with Crippen molar-refractivity contribution in [3.05, 3.63) is 57.6 Å². The van der Waals surface area contributed by atoms with Crippen LogP contribution in [0.25, 0.3) is 0 Å². The van der Waals surface area contributed by atoms with Gasteiger partial charge in [-0.3, -0.25) is 20.4 Å². The zero-order valence-electron chi connectivity index (χ0n) is 14.4. The van der Waals surface area contributed by atoms with Crippen molar-refractivity contribution < 1.29 is 14.3 Å². The molecule has 3 N–H and O–H groups in total. The monoisotopic (exact) mass is 395 g/mol. The van der Waals surface area contributed by atoms with Crippen LogP contribution in [0.1, 0.15) is 11.1 Å². The Morgan fingerprint density at radius 2 is 1.73 bits per heavy atom. The summed E-state index contributed by atoms with van der Waals surface area (Å²) in [6.45, 7) is 3.65. The van der Waals surface area contributed by atoms with Gasteiger partial charge in [0.15, 0.2) is 6.61 Å². The molecule has 0 unspecified atom stereocenters. The van der Waals surface area contributed by atoms with Crippen LogP contribution >= 0.6 is 23.2 Å². The molecule has 2 amide bonds. The fraction of sp³-hybridized carbons (Fsp3) is 0.222. The highest BCUT2D eigenvalue weighted by atomic mass is 35.5. The Morgan fingerprint density at radius 1 is 1.00 bits per heavy atom. The number of ether oxygens (including phenoxy) is 1. The average Bonchev–Trinajstić information content (AvgIpc) is 2.60. The van der Waals surface area contributed by atoms with Crippen molar-refractivity contribution in [3.63, 3.8) is 0 Å². The summed E-state index contributed by atoms with van der Waals surface area (Å²) < 4.78 is 5.27. The van der Waals surface area contributed by atoms with Gasteiger partial charge in [-0.15, -0.1) is 0 Å². The van der Waals surface area contributed by atoms with E-state index in [4.69, 9.17) is 27.9 Å². The molecule has 2 aromatic carbocycles. The van der Waals surface area contributed by atoms with Gasteiger partial charge in [0.25, 0.3) is 11.8 Å². The van der Waals surface area contributed by atoms with E-state index in [1.807, 2.05) is 32.0 Å². The minimum atomic E-state index is -0.527. The number of aryl methyl sites for hydroxylation is 2. The van der Waals surface area contributed by atoms with Crippen molar-refractivity contribution in [1.29, 1.82) is 0 Å². The molecular formula is C18H19Cl2N3O3. The van der Waals surface area contributed by atoms with Crippen molar-refractivity contribution in [3.8, 4) is 5.75 Å². The molecule has 26 heavy (non-hydrogen) atoms. The number of hydrogen-bond acceptors (Lipinski definition) is 4. The molecule has 2 rings (SSSR count). The van der Waals surface area contributed by atoms with Crippen molar-refractivity contribution in [2.24, 2.45) is 0 Å². The summed E-state index contributed by atoms with van der Waals surface area (Å²) in [6, 6.07) is 10.5. The normalized spacial score (nSPS) is 10.2. The molecule has 6 nitrogen and oxygen atoms in total. The Morgan fingerprint density at radius 3 is 2.46 bits per heavy atom. The van der Waals surface area contributed by atoms with Crippen molar-refractivity contribution in [1.82, 2.24) is 10.9 Å². The van der Waals surface area contributed by atoms with Crippen LogP contribution in [0, 0.1) is 13.8 Å². The number of rotatable bonds is 6. The maximum atomic E-state index is 11.8. The van der Waals surface area contributed by atoms with Gasteiger partial charge in [0.1, 0.15) is 5.75 Å². The third kappa shape index (κ3) is 6.13. The minimum Gasteiger partial charge on any atom is -0.482 e. The predicted molar refractivity (Wildman–Crippen MR) is 103 cm³/mol. The van der Waals surface area contributed by atoms with Gasteiger partial charge >= 0.3 is 0 Å². The third-order valence-electron chi connectivity index (χ3n) is 3.41. The number of amides is 2. The van der Waals surface area contributed by atoms with Gasteiger partial charge < -0.3 is 10.1 Å². The molecule has 0 saturated heterocycles. The first-order valence-electron chi connectivity index (χ1n) is 7.82. The average molecular weight is 396 g/mol. The van der Waals surface area contributed by atoms with Crippen LogP contribution in [0.15, 0.2) is 36.4 Å². The van der Waals surface area contributed by atoms with E-state index in [9.17, 15) is 9.59 Å². The van der Waals surface area contributed by atoms with E-state index in [0.717, 1.165) is 16.8 Å². The zero-order valence-corrected chi connectivity index (χ0v) is 15.9. The van der Waals surface area contributed by atoms with E-state index in [1.165, 1.54) is 6.07 Å². The summed E-state index contributed by atoms with van der Waals surface area (Å²) in [5, 5.41) is 3.79. The Labute approximate surface area is 161 Å². The molecule has 0 aliphatic rings. The lowest BCUT2D eigenvalue weighted by molar-refractivity contribution is -0.129. The molecule has 0 radical (unpaired) electrons. The van der Waals surface area contributed by atoms with Gasteiger partial charge in [-0.05, 0) is 37.6 Å². The maximum Gasteiger partial charge on any atom is 0.276 e. The fourth-order valence-corrected chi connectivity index (χ4v) is 2.47. The number of nitrogens with one attached hydrogen (secondary N) is 3. The number of anilines is 1. The second kappa shape index (κ2) is 9.31. The first-order chi connectivity index (χ1) is 12.3. The van der Waals surface area contributed by atoms with Crippen LogP contribution < -0.4 is 20.9 Å². The molecule has 0 bridgehead atoms. The van der Waals surface area contributed by atoms with E-state index in [0.29, 0.717) is 10.0 Å². The van der Waals surface area contributed by atoms with E-state index in [2.05, 4.69) is 16.2 Å². The molecule has 0 aromatic heterocycles. The predicted octanol–water partition coefficient (Wildman–Crippen LogP) is 3.25. The molecule has 138 valence electrons. The van der Waals surface area contributed by atoms with Crippen LogP contribution in [0.3, 0.4) is 0 Å². The highest BCUT2D eigenvalue weighted by Crippen LogP contribution is 2.27. The summed E-state index contributed by atoms with van der Waals surface area (Å²) in [5.41, 5.74) is 7.61. The maximum absolute atomic E-state index is 11.8. The number of hydrogen-bond donors (Lipinski definition) is 3. The standard InChI is InChI=1S/C18H19Cl2N3O3/c1-11-3-6-15(12(2)7-11)21-9-17(24)22-23-18(25)10-26-16-8-13(19)4-5-14(16)20/h3-8,21H,9-10H2,1-2H3,(H,22,24)(H,23,25). The lowest BCUT2D eigenvalue weighted by Crippen LogP contribution is -2.46. The molecule has 8 heteroatoms. The summed E-state index contributed by atoms with van der Waals surface area (Å²) in [7, 11) is 0. The molecule has 0 aliphatic heterocycles. The van der Waals surface area contributed by atoms with Gasteiger partial charge in [-0.1, -0.05) is 40.9 Å². The smallest absolute Gasteiger partial charge is 0.276 e. The van der Waals surface area contributed by atoms with Crippen LogP contribution in [0.5, 0.6) is 5.75 Å². The molecule has 2 aromatic rings. The number of carbonyl (C=O) groups excluding carboxylic acids is 2. The summed E-state index contributed by atoms with van der Waals surface area (Å²) in [4.78, 5) is 23.5. The van der Waals surface area contributed by atoms with Gasteiger partial charge in [0.05, 0.1) is 11.6 Å². The van der Waals surface area contributed by atoms with Gasteiger partial charge in [-0.25, -0.2) is 0 Å². The van der Waals surface area contributed by atoms with E-state index < -0.39 is 5.91 Å². The highest BCUT2D eigenvalue weighted by Gasteiger charge is 2.08. The van der Waals surface area contributed by atoms with E-state index in [-0.39, 0.29) is 24.8 Å². The van der Waals surface area contributed by atoms with Crippen LogP contribution in [0.4, 0.5) is 5.69 Å². The lowest BCUT2D eigenvalue weighted by atomic mass is 10.1. The number of halogens is 2. The quantitative estimate of drug-likeness (QED) is 0.655. The minimum absolute atomic E-state index is 0.0190. The van der Waals surface area contributed by atoms with E-state index >= 15 is 0 Å². The molecule has 0 saturated carbocycles. The molecule has 0 heterocycles. The molecular weight excluding hydrogens is 377 g/mol. The van der Waals surface area contributed by atoms with Crippen LogP contribution in [-0.2, 0) is 9.59 Å². The number of benzene rings is 2. The number of hydrazine groups is 1. The molecule has 0 aliphatic carbocycles. The van der Waals surface area contributed by atoms with Crippen molar-refractivity contribution in [2.75, 3.05) is 18.5 Å². The Hall–Kier alpha value is -2.44. The van der Waals surface area contributed by atoms with Crippen LogP contribution in [0.2, 0.25) is 10.0 Å². The summed E-state index contributed by atoms with van der Waals surface area (Å²) in [6.07, 6.45) is 0. The summed E-state index contributed by atoms with van der Waals surface area (Å²) in [5.74, 6) is -0.628. The first kappa shape index (κ1) is 19.9. The highest BCUT2D eigenvalue weighted by molar-refractivity contribution is 6.34. The first-order valence-corrected chi connectivity index (χ1v) is 8.57. The number of carbonyl (C=O) groups is 2. The second-order valence-electron chi connectivity index (χ2n) is 5.63. The second-order valence-corrected chi connectivity index (χ2v) is 6.48. The Balaban J connectivity index is 1.73. The topological polar surface area (TPSA) is 79.5 Å². The lowest BCUT2D eigenvalue weighted by Gasteiger charge is -2.12. The molecule has 0 atom stereocenters. The molecule has 0 fully saturated rings. The van der Waals surface area contributed by atoms with Gasteiger partial charge in [0.2, 0.25) is 0 Å². The van der Waals surface area contributed by atoms with E-state index in [1.54, 1.807) is 12.1 Å². The SMILES string of the molecule is Cc1ccc(NCC(=O)NNC(=O)COc2cc(Cl)ccc2Cl)c(C)c1. The van der Waals surface area contributed by atoms with Gasteiger partial charge in [-0.2, -0.15) is 0 Å². The largest absolute Gasteiger partial charge is 0.482 e. The van der Waals surface area contributed by atoms with Crippen LogP contribution in [-0.4, -0.2) is 25.0 Å². The third-order valence-corrected chi connectivity index (χ3v) is 3.96. The summed E-state index contributed by atoms with van der Waals surface area (Å²) >= 11 is 11.8. The Bertz CT molecular complexity index is 812. The fourth-order valence-electron chi connectivity index (χ4n) is 2.14. The Kier molecular flexibility index (Phi) is 7.12. The molecule has 0 spiro atoms.